The van der Waals surface area contributed by atoms with Crippen LogP contribution in [-0.4, -0.2) is 186 Å². The van der Waals surface area contributed by atoms with Crippen molar-refractivity contribution in [1.82, 2.24) is 24.6 Å². The number of pyridine rings is 1. The number of ether oxygens (including phenoxy) is 2. The van der Waals surface area contributed by atoms with Crippen LogP contribution >= 0.6 is 104 Å². The summed E-state index contributed by atoms with van der Waals surface area (Å²) >= 11 is 13.5. The van der Waals surface area contributed by atoms with E-state index in [9.17, 15) is 38.9 Å². The van der Waals surface area contributed by atoms with Crippen molar-refractivity contribution in [3.05, 3.63) is 298 Å². The van der Waals surface area contributed by atoms with Crippen LogP contribution in [-0.2, 0) is 24.2 Å². The minimum Gasteiger partial charge on any atom is -0.493 e. The molecule has 1 amide bonds. The van der Waals surface area contributed by atoms with Crippen molar-refractivity contribution < 1.29 is 43.2 Å². The zero-order valence-electron chi connectivity index (χ0n) is 63.0. The predicted molar refractivity (Wildman–Crippen MR) is 475 cm³/mol. The van der Waals surface area contributed by atoms with Crippen molar-refractivity contribution in [2.45, 2.75) is 26.3 Å². The number of carbonyl (C=O) groups is 6. The minimum atomic E-state index is -0.433. The molecule has 588 valence electrons. The van der Waals surface area contributed by atoms with Gasteiger partial charge in [-0.15, -0.1) is 45.3 Å². The Morgan fingerprint density at radius 3 is 1.39 bits per heavy atom. The van der Waals surface area contributed by atoms with Crippen LogP contribution in [0.4, 0.5) is 11.4 Å². The molecule has 0 saturated carbocycles. The number of carbonyl (C=O) groups excluding carboxylic acids is 6. The van der Waals surface area contributed by atoms with Gasteiger partial charge in [0.05, 0.1) is 56.6 Å². The number of benzene rings is 4. The number of thioether (sulfide) groups is 5. The molecule has 5 saturated heterocycles. The van der Waals surface area contributed by atoms with Crippen LogP contribution in [0.1, 0.15) is 71.3 Å². The molecule has 4 aromatic carbocycles. The summed E-state index contributed by atoms with van der Waals surface area (Å²) in [5, 5.41) is 22.6. The Morgan fingerprint density at radius 1 is 0.474 bits per heavy atom. The first kappa shape index (κ1) is 86.3. The molecule has 0 aliphatic carbocycles. The van der Waals surface area contributed by atoms with Crippen molar-refractivity contribution >= 4 is 176 Å². The second-order valence-corrected chi connectivity index (χ2v) is 33.5. The van der Waals surface area contributed by atoms with Gasteiger partial charge in [-0.25, -0.2) is 0 Å². The molecule has 0 bridgehead atoms. The van der Waals surface area contributed by atoms with E-state index in [2.05, 4.69) is 90.3 Å². The van der Waals surface area contributed by atoms with Crippen molar-refractivity contribution in [2.75, 3.05) is 101 Å². The van der Waals surface area contributed by atoms with E-state index in [1.54, 1.807) is 89.8 Å². The highest BCUT2D eigenvalue weighted by Crippen LogP contribution is 2.37. The number of thiophene rings is 4. The number of aryl methyl sites for hydroxylation is 1. The molecule has 31 heteroatoms. The number of rotatable bonds is 27. The van der Waals surface area contributed by atoms with Crippen LogP contribution in [0.15, 0.2) is 266 Å². The number of nitro groups is 1. The van der Waals surface area contributed by atoms with Gasteiger partial charge in [-0.2, -0.15) is 0 Å². The normalized spacial score (nSPS) is 16.2. The smallest absolute Gasteiger partial charge is 0.271 e. The Bertz CT molecular complexity index is 5040. The van der Waals surface area contributed by atoms with Crippen LogP contribution in [0.3, 0.4) is 0 Å². The van der Waals surface area contributed by atoms with Crippen molar-refractivity contribution in [3.8, 4) is 11.5 Å². The summed E-state index contributed by atoms with van der Waals surface area (Å²) in [6.45, 7) is 20.8. The average Bonchev–Trinajstić information content (AvgIpc) is 1.61. The molecule has 22 nitrogen and oxygen atoms in total. The molecule has 0 spiro atoms. The van der Waals surface area contributed by atoms with Crippen molar-refractivity contribution in [3.63, 3.8) is 0 Å². The Morgan fingerprint density at radius 2 is 0.921 bits per heavy atom. The van der Waals surface area contributed by atoms with E-state index in [4.69, 9.17) is 9.47 Å². The number of anilines is 1. The molecule has 9 aromatic rings. The maximum Gasteiger partial charge on any atom is 0.271 e. The van der Waals surface area contributed by atoms with E-state index in [0.29, 0.717) is 44.5 Å². The molecule has 0 unspecified atom stereocenters. The number of ketones is 5. The maximum atomic E-state index is 12.2. The van der Waals surface area contributed by atoms with Crippen LogP contribution in [0.5, 0.6) is 11.5 Å². The zero-order chi connectivity index (χ0) is 80.9. The number of aliphatic imine (C=N–C) groups is 5. The van der Waals surface area contributed by atoms with E-state index in [1.165, 1.54) is 92.8 Å². The zero-order valence-corrected chi connectivity index (χ0v) is 70.4. The third kappa shape index (κ3) is 25.0. The first-order valence-corrected chi connectivity index (χ1v) is 43.9. The highest BCUT2D eigenvalue weighted by molar-refractivity contribution is 8.15. The third-order valence-corrected chi connectivity index (χ3v) is 26.1. The third-order valence-electron chi connectivity index (χ3n) is 17.1. The van der Waals surface area contributed by atoms with E-state index >= 15 is 0 Å². The Labute approximate surface area is 700 Å². The second kappa shape index (κ2) is 44.0. The minimum absolute atomic E-state index is 0.00101. The molecule has 5 aromatic heterocycles. The summed E-state index contributed by atoms with van der Waals surface area (Å²) in [5.74, 6) is 5.05. The first-order chi connectivity index (χ1) is 55.2. The van der Waals surface area contributed by atoms with Gasteiger partial charge in [-0.3, -0.25) is 78.6 Å². The lowest BCUT2D eigenvalue weighted by Gasteiger charge is -2.21. The van der Waals surface area contributed by atoms with Crippen molar-refractivity contribution in [1.29, 1.82) is 0 Å². The van der Waals surface area contributed by atoms with Gasteiger partial charge >= 0.3 is 0 Å². The fourth-order valence-corrected chi connectivity index (χ4v) is 18.4. The van der Waals surface area contributed by atoms with Gasteiger partial charge < -0.3 is 24.2 Å². The quantitative estimate of drug-likeness (QED) is 0.0263. The van der Waals surface area contributed by atoms with E-state index in [-0.39, 0.29) is 73.2 Å². The van der Waals surface area contributed by atoms with Gasteiger partial charge in [0.25, 0.3) is 5.69 Å². The van der Waals surface area contributed by atoms with Gasteiger partial charge in [0.15, 0.2) is 66.3 Å². The van der Waals surface area contributed by atoms with E-state index in [1.807, 2.05) is 137 Å². The molecule has 0 N–H and O–H groups in total. The highest BCUT2D eigenvalue weighted by Gasteiger charge is 2.31. The summed E-state index contributed by atoms with van der Waals surface area (Å²) in [6.07, 6.45) is 4.87. The number of amides is 1. The van der Waals surface area contributed by atoms with Crippen LogP contribution in [0.25, 0.3) is 0 Å². The Hall–Kier alpha value is -10.1. The molecule has 5 aliphatic rings. The number of aromatic nitrogens is 1. The van der Waals surface area contributed by atoms with Gasteiger partial charge in [0.2, 0.25) is 5.91 Å². The number of non-ortho nitro benzene ring substituents is 1. The van der Waals surface area contributed by atoms with Gasteiger partial charge in [-0.05, 0) is 112 Å². The lowest BCUT2D eigenvalue weighted by Crippen LogP contribution is -2.29. The van der Waals surface area contributed by atoms with E-state index in [0.717, 1.165) is 124 Å². The lowest BCUT2D eigenvalue weighted by atomic mass is 10.1. The number of nitrogens with zero attached hydrogens (tertiary/aromatic N) is 12. The molecule has 14 rings (SSSR count). The largest absolute Gasteiger partial charge is 0.493 e. The fraction of sp³-hybridized carbons (Fsp3) is 0.229. The number of hydrogen-bond donors (Lipinski definition) is 0. The SMILES string of the molecule is C=C1CSC(=NCC(=O)c2cccnc2)N1c1cc([N+](=O)[O-])ccc1C.C=C1CSC(=NCC(=O)c2cccs2)N1C.C=C1CSC(=NCC(=O)c2cccs2)N1CCc1ccc(OC)c(OC)c1.C=C1CSC(=NCC(=O)c2cccs2)N1CCc1ccccc1.O=C(CN=C1SCC(=O)N1Cc1ccccc1)c1cccs1. The van der Waals surface area contributed by atoms with E-state index < -0.39 is 4.92 Å². The monoisotopic (exact) mass is 1690 g/mol. The predicted octanol–water partition coefficient (Wildman–Crippen LogP) is 17.3. The molecular weight excluding hydrogens is 1610 g/mol. The van der Waals surface area contributed by atoms with Gasteiger partial charge in [0.1, 0.15) is 32.7 Å². The molecule has 0 atom stereocenters. The number of methoxy groups -OCH3 is 2. The molecule has 5 aliphatic heterocycles. The van der Waals surface area contributed by atoms with Crippen LogP contribution in [0.2, 0.25) is 0 Å². The first-order valence-electron chi connectivity index (χ1n) is 35.5. The molecule has 10 heterocycles. The molecule has 114 heavy (non-hydrogen) atoms. The summed E-state index contributed by atoms with van der Waals surface area (Å²) < 4.78 is 10.7. The standard InChI is InChI=1S/C20H22N2O3S2.C18H16N4O3S.C18H18N2OS2.C16H14N2O2S2.C11H12N2OS2/c1-14-13-27-20(21-12-16(23)19-5-4-10-26-19)22(14)9-8-15-6-7-17(24-2)18(11-15)25-3;1-12-5-6-15(22(24)25)8-16(12)21-13(2)11-26-18(21)20-10-17(23)14-4-3-7-19-9-14;1-14-13-23-18(19-12-16(21)17-8-5-11-22-17)20(14)10-9-15-6-3-2-4-7-15;19-13(14-7-4-8-21-14)9-17-16-18(15(20)11-22-16)10-12-5-2-1-3-6-12;1-8-7-16-11(13(8)2)12-6-9(14)10-4-3-5-15-10/h4-7,10-11H,1,8-9,12-13H2,2-3H3;3-9H,2,10-11H2,1H3;2-8,11H,1,9-10,12-13H2;1-8H,9-11H2;3-5H,1,6-7H2,2H3. The summed E-state index contributed by atoms with van der Waals surface area (Å²) in [4.78, 5) is 122. The van der Waals surface area contributed by atoms with Gasteiger partial charge in [-0.1, -0.05) is 182 Å². The average molecular weight is 1700 g/mol. The van der Waals surface area contributed by atoms with Crippen LogP contribution < -0.4 is 14.4 Å². The maximum absolute atomic E-state index is 12.2. The van der Waals surface area contributed by atoms with Gasteiger partial charge in [0, 0.05) is 96.0 Å². The lowest BCUT2D eigenvalue weighted by molar-refractivity contribution is -0.384. The number of nitro benzene ring substituents is 1. The molecular formula is C83H82N12O10S9. The number of Topliss-reactive ketones (excluding diaryl/α,β-unsaturated/α-hetero) is 5. The number of hydrogen-bond acceptors (Lipinski definition) is 25. The summed E-state index contributed by atoms with van der Waals surface area (Å²) in [7, 11) is 5.19. The second-order valence-electron chi connectivity index (χ2n) is 25.0. The Kier molecular flexibility index (Phi) is 33.3. The molecule has 5 fully saturated rings. The topological polar surface area (TPSA) is 255 Å². The van der Waals surface area contributed by atoms with Crippen molar-refractivity contribution in [2.24, 2.45) is 25.0 Å². The highest BCUT2D eigenvalue weighted by atomic mass is 32.2. The Balaban J connectivity index is 0.000000152. The summed E-state index contributed by atoms with van der Waals surface area (Å²) in [6, 6.07) is 49.0. The number of amidine groups is 5. The summed E-state index contributed by atoms with van der Waals surface area (Å²) in [5.41, 5.74) is 9.40. The van der Waals surface area contributed by atoms with Crippen LogP contribution in [0, 0.1) is 17.0 Å². The molecule has 0 radical (unpaired) electrons. The fourth-order valence-electron chi connectivity index (χ4n) is 11.0.